The first-order valence-electron chi connectivity index (χ1n) is 5.63. The van der Waals surface area contributed by atoms with Crippen molar-refractivity contribution in [2.75, 3.05) is 5.73 Å². The molecule has 5 heteroatoms. The smallest absolute Gasteiger partial charge is 0.251 e. The van der Waals surface area contributed by atoms with Crippen molar-refractivity contribution in [3.63, 3.8) is 0 Å². The molecule has 1 amide bonds. The molecule has 0 unspecified atom stereocenters. The van der Waals surface area contributed by atoms with E-state index in [1.54, 1.807) is 18.2 Å². The molecule has 0 aromatic heterocycles. The van der Waals surface area contributed by atoms with E-state index in [9.17, 15) is 9.18 Å². The molecule has 2 rings (SSSR count). The maximum Gasteiger partial charge on any atom is 0.251 e. The first-order chi connectivity index (χ1) is 9.04. The highest BCUT2D eigenvalue weighted by atomic mass is 35.5. The topological polar surface area (TPSA) is 55.1 Å². The molecule has 0 heterocycles. The van der Waals surface area contributed by atoms with Crippen LogP contribution in [-0.2, 0) is 6.54 Å². The SMILES string of the molecule is Nc1cc(Cl)cc(C(=O)NCc2cccc(F)c2)c1. The van der Waals surface area contributed by atoms with E-state index >= 15 is 0 Å². The summed E-state index contributed by atoms with van der Waals surface area (Å²) in [6, 6.07) is 10.7. The first kappa shape index (κ1) is 13.4. The summed E-state index contributed by atoms with van der Waals surface area (Å²) in [7, 11) is 0. The average molecular weight is 279 g/mol. The second kappa shape index (κ2) is 5.71. The van der Waals surface area contributed by atoms with Crippen molar-refractivity contribution in [1.82, 2.24) is 5.32 Å². The maximum absolute atomic E-state index is 13.0. The van der Waals surface area contributed by atoms with Crippen LogP contribution < -0.4 is 11.1 Å². The third kappa shape index (κ3) is 3.69. The lowest BCUT2D eigenvalue weighted by Crippen LogP contribution is -2.22. The van der Waals surface area contributed by atoms with Crippen LogP contribution in [0.15, 0.2) is 42.5 Å². The van der Waals surface area contributed by atoms with Gasteiger partial charge in [0.05, 0.1) is 0 Å². The molecule has 2 aromatic carbocycles. The van der Waals surface area contributed by atoms with Crippen LogP contribution in [0.2, 0.25) is 5.02 Å². The fourth-order valence-electron chi connectivity index (χ4n) is 1.67. The lowest BCUT2D eigenvalue weighted by molar-refractivity contribution is 0.0951. The summed E-state index contributed by atoms with van der Waals surface area (Å²) >= 11 is 5.82. The molecule has 0 bridgehead atoms. The molecular weight excluding hydrogens is 267 g/mol. The average Bonchev–Trinajstić information content (AvgIpc) is 2.35. The minimum atomic E-state index is -0.334. The van der Waals surface area contributed by atoms with E-state index < -0.39 is 0 Å². The number of rotatable bonds is 3. The van der Waals surface area contributed by atoms with Crippen molar-refractivity contribution >= 4 is 23.2 Å². The molecule has 0 radical (unpaired) electrons. The molecule has 19 heavy (non-hydrogen) atoms. The van der Waals surface area contributed by atoms with E-state index in [1.807, 2.05) is 0 Å². The van der Waals surface area contributed by atoms with Gasteiger partial charge < -0.3 is 11.1 Å². The highest BCUT2D eigenvalue weighted by Gasteiger charge is 2.07. The zero-order valence-electron chi connectivity index (χ0n) is 9.99. The van der Waals surface area contributed by atoms with Crippen molar-refractivity contribution in [2.45, 2.75) is 6.54 Å². The largest absolute Gasteiger partial charge is 0.399 e. The number of hydrogen-bond donors (Lipinski definition) is 2. The molecule has 0 saturated carbocycles. The molecule has 98 valence electrons. The summed E-state index contributed by atoms with van der Waals surface area (Å²) in [4.78, 5) is 11.9. The van der Waals surface area contributed by atoms with Crippen molar-refractivity contribution in [3.05, 3.63) is 64.4 Å². The van der Waals surface area contributed by atoms with E-state index in [1.165, 1.54) is 24.3 Å². The quantitative estimate of drug-likeness (QED) is 0.848. The van der Waals surface area contributed by atoms with E-state index in [4.69, 9.17) is 17.3 Å². The molecule has 0 spiro atoms. The summed E-state index contributed by atoms with van der Waals surface area (Å²) in [5.41, 5.74) is 7.09. The van der Waals surface area contributed by atoms with Gasteiger partial charge in [0.2, 0.25) is 0 Å². The van der Waals surface area contributed by atoms with E-state index in [0.717, 1.165) is 0 Å². The lowest BCUT2D eigenvalue weighted by atomic mass is 10.1. The number of benzene rings is 2. The monoisotopic (exact) mass is 278 g/mol. The van der Waals surface area contributed by atoms with Gasteiger partial charge in [-0.05, 0) is 35.9 Å². The molecule has 0 saturated heterocycles. The van der Waals surface area contributed by atoms with Gasteiger partial charge in [-0.25, -0.2) is 4.39 Å². The van der Waals surface area contributed by atoms with Gasteiger partial charge in [0, 0.05) is 22.8 Å². The molecule has 0 aliphatic heterocycles. The Kier molecular flexibility index (Phi) is 4.02. The van der Waals surface area contributed by atoms with Crippen molar-refractivity contribution in [2.24, 2.45) is 0 Å². The Hall–Kier alpha value is -2.07. The predicted molar refractivity (Wildman–Crippen MR) is 73.4 cm³/mol. The summed E-state index contributed by atoms with van der Waals surface area (Å²) in [5.74, 6) is -0.641. The number of nitrogen functional groups attached to an aromatic ring is 1. The summed E-state index contributed by atoms with van der Waals surface area (Å²) in [5, 5.41) is 3.08. The zero-order valence-corrected chi connectivity index (χ0v) is 10.7. The number of hydrogen-bond acceptors (Lipinski definition) is 2. The number of nitrogens with two attached hydrogens (primary N) is 1. The van der Waals surface area contributed by atoms with Gasteiger partial charge >= 0.3 is 0 Å². The number of carbonyl (C=O) groups is 1. The van der Waals surface area contributed by atoms with Crippen LogP contribution in [0.3, 0.4) is 0 Å². The summed E-state index contributed by atoms with van der Waals surface area (Å²) in [6.07, 6.45) is 0. The third-order valence-corrected chi connectivity index (χ3v) is 2.74. The van der Waals surface area contributed by atoms with Crippen molar-refractivity contribution in [1.29, 1.82) is 0 Å². The highest BCUT2D eigenvalue weighted by molar-refractivity contribution is 6.31. The van der Waals surface area contributed by atoms with Crippen LogP contribution in [0.5, 0.6) is 0 Å². The van der Waals surface area contributed by atoms with E-state index in [-0.39, 0.29) is 18.3 Å². The lowest BCUT2D eigenvalue weighted by Gasteiger charge is -2.07. The van der Waals surface area contributed by atoms with E-state index in [2.05, 4.69) is 5.32 Å². The van der Waals surface area contributed by atoms with E-state index in [0.29, 0.717) is 21.8 Å². The molecule has 0 fully saturated rings. The molecule has 0 aliphatic rings. The standard InChI is InChI=1S/C14H12ClFN2O/c15-11-5-10(6-13(17)7-11)14(19)18-8-9-2-1-3-12(16)4-9/h1-7H,8,17H2,(H,18,19). The Labute approximate surface area is 115 Å². The number of carbonyl (C=O) groups excluding carboxylic acids is 1. The number of halogens is 2. The van der Waals surface area contributed by atoms with Crippen LogP contribution in [0.4, 0.5) is 10.1 Å². The zero-order chi connectivity index (χ0) is 13.8. The second-order valence-electron chi connectivity index (χ2n) is 4.09. The fourth-order valence-corrected chi connectivity index (χ4v) is 1.92. The van der Waals surface area contributed by atoms with Crippen LogP contribution in [0, 0.1) is 5.82 Å². The number of anilines is 1. The van der Waals surface area contributed by atoms with Crippen LogP contribution in [0.25, 0.3) is 0 Å². The Bertz CT molecular complexity index is 596. The van der Waals surface area contributed by atoms with Crippen LogP contribution in [0.1, 0.15) is 15.9 Å². The van der Waals surface area contributed by atoms with Crippen molar-refractivity contribution < 1.29 is 9.18 Å². The molecular formula is C14H12ClFN2O. The van der Waals surface area contributed by atoms with Gasteiger partial charge in [-0.1, -0.05) is 23.7 Å². The molecule has 2 aromatic rings. The second-order valence-corrected chi connectivity index (χ2v) is 4.52. The summed E-state index contributed by atoms with van der Waals surface area (Å²) in [6.45, 7) is 0.239. The normalized spacial score (nSPS) is 10.2. The molecule has 3 nitrogen and oxygen atoms in total. The van der Waals surface area contributed by atoms with Gasteiger partial charge in [-0.15, -0.1) is 0 Å². The maximum atomic E-state index is 13.0. The predicted octanol–water partition coefficient (Wildman–Crippen LogP) is 2.99. The Balaban J connectivity index is 2.05. The van der Waals surface area contributed by atoms with Crippen LogP contribution in [-0.4, -0.2) is 5.91 Å². The molecule has 0 aliphatic carbocycles. The van der Waals surface area contributed by atoms with Gasteiger partial charge in [0.1, 0.15) is 5.82 Å². The van der Waals surface area contributed by atoms with Gasteiger partial charge in [0.25, 0.3) is 5.91 Å². The van der Waals surface area contributed by atoms with Crippen molar-refractivity contribution in [3.8, 4) is 0 Å². The number of nitrogens with one attached hydrogen (secondary N) is 1. The molecule has 3 N–H and O–H groups in total. The Morgan fingerprint density at radius 1 is 1.26 bits per heavy atom. The summed E-state index contributed by atoms with van der Waals surface area (Å²) < 4.78 is 13.0. The van der Waals surface area contributed by atoms with Gasteiger partial charge in [-0.2, -0.15) is 0 Å². The van der Waals surface area contributed by atoms with Gasteiger partial charge in [-0.3, -0.25) is 4.79 Å². The van der Waals surface area contributed by atoms with Gasteiger partial charge in [0.15, 0.2) is 0 Å². The number of amides is 1. The first-order valence-corrected chi connectivity index (χ1v) is 6.01. The molecule has 0 atom stereocenters. The third-order valence-electron chi connectivity index (χ3n) is 2.52. The Morgan fingerprint density at radius 2 is 2.05 bits per heavy atom. The fraction of sp³-hybridized carbons (Fsp3) is 0.0714. The minimum absolute atomic E-state index is 0.239. The minimum Gasteiger partial charge on any atom is -0.399 e. The Morgan fingerprint density at radius 3 is 2.74 bits per heavy atom. The van der Waals surface area contributed by atoms with Crippen LogP contribution >= 0.6 is 11.6 Å². The highest BCUT2D eigenvalue weighted by Crippen LogP contribution is 2.16.